The van der Waals surface area contributed by atoms with Crippen LogP contribution in [-0.2, 0) is 6.61 Å². The van der Waals surface area contributed by atoms with Gasteiger partial charge in [0.2, 0.25) is 5.82 Å². The largest absolute Gasteiger partial charge is 0.493 e. The minimum atomic E-state index is -0.350. The molecule has 6 rings (SSSR count). The van der Waals surface area contributed by atoms with Gasteiger partial charge in [0.05, 0.1) is 29.2 Å². The van der Waals surface area contributed by atoms with Crippen molar-refractivity contribution < 1.29 is 13.9 Å². The Bertz CT molecular complexity index is 2010. The lowest BCUT2D eigenvalue weighted by Gasteiger charge is -2.13. The van der Waals surface area contributed by atoms with Gasteiger partial charge in [0.1, 0.15) is 12.2 Å². The summed E-state index contributed by atoms with van der Waals surface area (Å²) in [5.41, 5.74) is 3.53. The van der Waals surface area contributed by atoms with E-state index in [9.17, 15) is 4.79 Å². The molecule has 2 aromatic heterocycles. The van der Waals surface area contributed by atoms with Crippen molar-refractivity contribution in [2.45, 2.75) is 13.5 Å². The third-order valence-electron chi connectivity index (χ3n) is 6.49. The van der Waals surface area contributed by atoms with Crippen LogP contribution in [0.1, 0.15) is 16.7 Å². The fourth-order valence-corrected chi connectivity index (χ4v) is 5.01. The molecule has 0 saturated carbocycles. The molecule has 0 aliphatic carbocycles. The molecule has 0 N–H and O–H groups in total. The molecule has 6 aromatic rings. The zero-order chi connectivity index (χ0) is 28.5. The maximum atomic E-state index is 13.6. The van der Waals surface area contributed by atoms with Crippen LogP contribution < -0.4 is 15.0 Å². The molecule has 0 spiro atoms. The number of methoxy groups -OCH3 is 1. The smallest absolute Gasteiger partial charge is 0.282 e. The molecule has 0 fully saturated rings. The Morgan fingerprint density at radius 1 is 1.00 bits per heavy atom. The van der Waals surface area contributed by atoms with Gasteiger partial charge in [-0.15, -0.1) is 0 Å². The second-order valence-electron chi connectivity index (χ2n) is 9.42. The van der Waals surface area contributed by atoms with Crippen LogP contribution in [0.4, 0.5) is 0 Å². The van der Waals surface area contributed by atoms with E-state index in [4.69, 9.17) is 42.1 Å². The molecule has 0 atom stereocenters. The number of hydrogen-bond acceptors (Lipinski definition) is 6. The molecular formula is C32H23Cl2N3O4. The van der Waals surface area contributed by atoms with Crippen molar-refractivity contribution in [2.24, 2.45) is 5.10 Å². The molecular weight excluding hydrogens is 561 g/mol. The minimum absolute atomic E-state index is 0.244. The third kappa shape index (κ3) is 5.42. The van der Waals surface area contributed by atoms with Crippen molar-refractivity contribution in [1.29, 1.82) is 0 Å². The highest BCUT2D eigenvalue weighted by Gasteiger charge is 2.17. The van der Waals surface area contributed by atoms with Gasteiger partial charge in [0.15, 0.2) is 17.3 Å². The molecule has 0 radical (unpaired) electrons. The quantitative estimate of drug-likeness (QED) is 0.178. The van der Waals surface area contributed by atoms with E-state index in [1.54, 1.807) is 54.6 Å². The Morgan fingerprint density at radius 2 is 1.85 bits per heavy atom. The Hall–Kier alpha value is -4.59. The Balaban J connectivity index is 1.40. The molecule has 0 unspecified atom stereocenters. The van der Waals surface area contributed by atoms with Crippen molar-refractivity contribution in [3.05, 3.63) is 122 Å². The fraction of sp³-hybridized carbons (Fsp3) is 0.0938. The maximum absolute atomic E-state index is 13.6. The van der Waals surface area contributed by atoms with Crippen LogP contribution in [0.25, 0.3) is 33.5 Å². The highest BCUT2D eigenvalue weighted by atomic mass is 35.5. The molecule has 0 aliphatic heterocycles. The monoisotopic (exact) mass is 583 g/mol. The predicted octanol–water partition coefficient (Wildman–Crippen LogP) is 7.89. The number of furan rings is 1. The van der Waals surface area contributed by atoms with E-state index < -0.39 is 0 Å². The summed E-state index contributed by atoms with van der Waals surface area (Å²) in [6, 6.07) is 25.6. The molecule has 0 amide bonds. The van der Waals surface area contributed by atoms with Crippen LogP contribution in [0.2, 0.25) is 10.0 Å². The first kappa shape index (κ1) is 26.6. The summed E-state index contributed by atoms with van der Waals surface area (Å²) in [5, 5.41) is 6.63. The van der Waals surface area contributed by atoms with E-state index in [0.717, 1.165) is 16.5 Å². The van der Waals surface area contributed by atoms with Gasteiger partial charge in [-0.3, -0.25) is 4.79 Å². The van der Waals surface area contributed by atoms with Crippen LogP contribution >= 0.6 is 23.2 Å². The van der Waals surface area contributed by atoms with E-state index in [1.165, 1.54) is 18.0 Å². The summed E-state index contributed by atoms with van der Waals surface area (Å²) in [7, 11) is 1.54. The molecule has 0 saturated heterocycles. The highest BCUT2D eigenvalue weighted by molar-refractivity contribution is 6.32. The number of para-hydroxylation sites is 1. The van der Waals surface area contributed by atoms with Crippen LogP contribution in [0.15, 0.2) is 99.2 Å². The summed E-state index contributed by atoms with van der Waals surface area (Å²) in [6.45, 7) is 2.35. The molecule has 7 nitrogen and oxygen atoms in total. The fourth-order valence-electron chi connectivity index (χ4n) is 4.55. The van der Waals surface area contributed by atoms with Gasteiger partial charge in [-0.05, 0) is 66.6 Å². The van der Waals surface area contributed by atoms with Crippen molar-refractivity contribution in [3.63, 3.8) is 0 Å². The number of benzene rings is 4. The zero-order valence-corrected chi connectivity index (χ0v) is 23.6. The first-order chi connectivity index (χ1) is 19.9. The number of aryl methyl sites for hydroxylation is 1. The molecule has 4 aromatic carbocycles. The lowest BCUT2D eigenvalue weighted by Crippen LogP contribution is -2.20. The van der Waals surface area contributed by atoms with Crippen molar-refractivity contribution in [3.8, 4) is 23.1 Å². The number of fused-ring (bicyclic) bond motifs is 2. The molecule has 41 heavy (non-hydrogen) atoms. The molecule has 9 heteroatoms. The number of hydrogen-bond donors (Lipinski definition) is 0. The first-order valence-corrected chi connectivity index (χ1v) is 13.5. The van der Waals surface area contributed by atoms with Crippen molar-refractivity contribution in [2.75, 3.05) is 7.11 Å². The van der Waals surface area contributed by atoms with Gasteiger partial charge in [-0.25, -0.2) is 4.98 Å². The van der Waals surface area contributed by atoms with E-state index >= 15 is 0 Å². The number of halogens is 2. The third-order valence-corrected chi connectivity index (χ3v) is 7.01. The van der Waals surface area contributed by atoms with Gasteiger partial charge in [0.25, 0.3) is 5.56 Å². The van der Waals surface area contributed by atoms with E-state index in [1.807, 2.05) is 37.3 Å². The molecule has 2 heterocycles. The molecule has 204 valence electrons. The summed E-state index contributed by atoms with van der Waals surface area (Å²) in [5.74, 6) is 1.47. The average molecular weight is 584 g/mol. The van der Waals surface area contributed by atoms with E-state index in [-0.39, 0.29) is 11.4 Å². The number of ether oxygens (including phenoxy) is 2. The van der Waals surface area contributed by atoms with Crippen molar-refractivity contribution in [1.82, 2.24) is 9.66 Å². The second kappa shape index (κ2) is 11.1. The Morgan fingerprint density at radius 3 is 2.68 bits per heavy atom. The Labute approximate surface area is 245 Å². The van der Waals surface area contributed by atoms with Crippen LogP contribution in [0, 0.1) is 6.92 Å². The second-order valence-corrected chi connectivity index (χ2v) is 10.3. The molecule has 0 aliphatic rings. The van der Waals surface area contributed by atoms with Crippen LogP contribution in [0.5, 0.6) is 11.5 Å². The van der Waals surface area contributed by atoms with Gasteiger partial charge in [0, 0.05) is 10.4 Å². The summed E-state index contributed by atoms with van der Waals surface area (Å²) in [6.07, 6.45) is 1.51. The van der Waals surface area contributed by atoms with Gasteiger partial charge < -0.3 is 13.9 Å². The zero-order valence-electron chi connectivity index (χ0n) is 22.1. The standard InChI is InChI=1S/C32H23Cl2N3O4/c1-19-6-5-7-20(12-19)18-40-30-25(34)13-21(14-28(30)39-2)17-35-37-31(36-26-9-4-3-8-24(26)32(37)38)29-16-22-15-23(33)10-11-27(22)41-29/h3-17H,18H2,1-2H3. The van der Waals surface area contributed by atoms with Gasteiger partial charge in [-0.2, -0.15) is 9.78 Å². The van der Waals surface area contributed by atoms with E-state index in [2.05, 4.69) is 5.10 Å². The normalized spacial score (nSPS) is 11.5. The van der Waals surface area contributed by atoms with Crippen LogP contribution in [0.3, 0.4) is 0 Å². The maximum Gasteiger partial charge on any atom is 0.282 e. The minimum Gasteiger partial charge on any atom is -0.493 e. The predicted molar refractivity (Wildman–Crippen MR) is 163 cm³/mol. The first-order valence-electron chi connectivity index (χ1n) is 12.7. The van der Waals surface area contributed by atoms with Gasteiger partial charge >= 0.3 is 0 Å². The molecule has 0 bridgehead atoms. The topological polar surface area (TPSA) is 78.9 Å². The lowest BCUT2D eigenvalue weighted by atomic mass is 10.1. The number of nitrogens with zero attached hydrogens (tertiary/aromatic N) is 3. The average Bonchev–Trinajstić information content (AvgIpc) is 3.39. The Kier molecular flexibility index (Phi) is 7.22. The van der Waals surface area contributed by atoms with Crippen molar-refractivity contribution >= 4 is 51.3 Å². The highest BCUT2D eigenvalue weighted by Crippen LogP contribution is 2.37. The van der Waals surface area contributed by atoms with Gasteiger partial charge in [-0.1, -0.05) is 65.2 Å². The lowest BCUT2D eigenvalue weighted by molar-refractivity contribution is 0.284. The number of rotatable bonds is 7. The number of aromatic nitrogens is 2. The van der Waals surface area contributed by atoms with E-state index in [0.29, 0.717) is 56.0 Å². The summed E-state index contributed by atoms with van der Waals surface area (Å²) < 4.78 is 18.8. The SMILES string of the molecule is COc1cc(C=Nn2c(-c3cc4cc(Cl)ccc4o3)nc3ccccc3c2=O)cc(Cl)c1OCc1cccc(C)c1. The summed E-state index contributed by atoms with van der Waals surface area (Å²) >= 11 is 12.8. The summed E-state index contributed by atoms with van der Waals surface area (Å²) in [4.78, 5) is 18.3. The van der Waals surface area contributed by atoms with Crippen LogP contribution in [-0.4, -0.2) is 23.0 Å².